The molecule has 92 valence electrons. The third kappa shape index (κ3) is 3.54. The van der Waals surface area contributed by atoms with Gasteiger partial charge in [-0.05, 0) is 25.8 Å². The second kappa shape index (κ2) is 5.37. The van der Waals surface area contributed by atoms with E-state index >= 15 is 0 Å². The van der Waals surface area contributed by atoms with Gasteiger partial charge in [-0.25, -0.2) is 0 Å². The molecule has 0 aliphatic heterocycles. The summed E-state index contributed by atoms with van der Waals surface area (Å²) < 4.78 is 38.0. The van der Waals surface area contributed by atoms with E-state index in [2.05, 4.69) is 5.32 Å². The smallest absolute Gasteiger partial charge is 0.349 e. The van der Waals surface area contributed by atoms with E-state index in [-0.39, 0.29) is 6.42 Å². The molecule has 0 aromatic carbocycles. The number of hydrogen-bond donors (Lipinski definition) is 1. The molecular weight excluding hydrogens is 219 g/mol. The van der Waals surface area contributed by atoms with Gasteiger partial charge >= 0.3 is 6.18 Å². The minimum absolute atomic E-state index is 0.115. The number of amides is 1. The molecule has 2 atom stereocenters. The Bertz CT molecular complexity index is 273. The molecule has 0 saturated heterocycles. The van der Waals surface area contributed by atoms with Gasteiger partial charge in [0, 0.05) is 6.04 Å². The number of alkyl halides is 3. The zero-order valence-corrected chi connectivity index (χ0v) is 9.18. The highest BCUT2D eigenvalue weighted by Crippen LogP contribution is 2.37. The van der Waals surface area contributed by atoms with Crippen LogP contribution in [0, 0.1) is 5.92 Å². The molecule has 0 aromatic heterocycles. The summed E-state index contributed by atoms with van der Waals surface area (Å²) in [6.07, 6.45) is 0.405. The second-order valence-electron chi connectivity index (χ2n) is 4.05. The summed E-state index contributed by atoms with van der Waals surface area (Å²) in [6, 6.07) is -0.766. The van der Waals surface area contributed by atoms with Gasteiger partial charge in [-0.3, -0.25) is 4.79 Å². The summed E-state index contributed by atoms with van der Waals surface area (Å²) in [4.78, 5) is 11.2. The number of nitrogens with one attached hydrogen (secondary N) is 1. The van der Waals surface area contributed by atoms with Crippen molar-refractivity contribution in [2.24, 2.45) is 5.92 Å². The summed E-state index contributed by atoms with van der Waals surface area (Å²) in [5.41, 5.74) is 0. The quantitative estimate of drug-likeness (QED) is 0.733. The van der Waals surface area contributed by atoms with E-state index in [4.69, 9.17) is 0 Å². The fraction of sp³-hybridized carbons (Fsp3) is 0.727. The van der Waals surface area contributed by atoms with Crippen LogP contribution in [-0.2, 0) is 4.79 Å². The molecule has 1 N–H and O–H groups in total. The van der Waals surface area contributed by atoms with Crippen molar-refractivity contribution < 1.29 is 18.0 Å². The van der Waals surface area contributed by atoms with Crippen molar-refractivity contribution in [2.75, 3.05) is 0 Å². The predicted molar refractivity (Wildman–Crippen MR) is 54.8 cm³/mol. The molecule has 1 aliphatic rings. The molecule has 5 heteroatoms. The number of hydrogen-bond acceptors (Lipinski definition) is 1. The molecule has 0 aromatic rings. The van der Waals surface area contributed by atoms with Crippen LogP contribution in [0.25, 0.3) is 0 Å². The first kappa shape index (κ1) is 13.1. The van der Waals surface area contributed by atoms with Crippen LogP contribution in [-0.4, -0.2) is 18.1 Å². The molecule has 2 nitrogen and oxygen atoms in total. The molecule has 0 radical (unpaired) electrons. The van der Waals surface area contributed by atoms with Gasteiger partial charge in [0.25, 0.3) is 0 Å². The summed E-state index contributed by atoms with van der Waals surface area (Å²) in [5.74, 6) is -1.83. The van der Waals surface area contributed by atoms with Gasteiger partial charge < -0.3 is 5.32 Å². The number of allylic oxidation sites excluding steroid dienone is 1. The maximum absolute atomic E-state index is 12.7. The van der Waals surface area contributed by atoms with E-state index in [0.717, 1.165) is 6.42 Å². The standard InChI is InChI=1S/C11H16F3NO/c1-2-5-10(16)15-9-7-4-3-6-8(9)11(12,13)14/h2,5,8-9H,3-4,6-7H2,1H3,(H,15,16). The van der Waals surface area contributed by atoms with Crippen LogP contribution in [0.5, 0.6) is 0 Å². The van der Waals surface area contributed by atoms with Crippen molar-refractivity contribution >= 4 is 5.91 Å². The van der Waals surface area contributed by atoms with Crippen molar-refractivity contribution in [2.45, 2.75) is 44.8 Å². The minimum Gasteiger partial charge on any atom is -0.349 e. The maximum atomic E-state index is 12.7. The highest BCUT2D eigenvalue weighted by atomic mass is 19.4. The molecule has 1 fully saturated rings. The highest BCUT2D eigenvalue weighted by Gasteiger charge is 2.45. The predicted octanol–water partition coefficient (Wildman–Crippen LogP) is 2.80. The van der Waals surface area contributed by atoms with Crippen molar-refractivity contribution in [1.82, 2.24) is 5.32 Å². The fourth-order valence-corrected chi connectivity index (χ4v) is 2.08. The lowest BCUT2D eigenvalue weighted by atomic mass is 9.84. The SMILES string of the molecule is CC=CC(=O)NC1CCCCC1C(F)(F)F. The Morgan fingerprint density at radius 1 is 1.31 bits per heavy atom. The van der Waals surface area contributed by atoms with Crippen LogP contribution in [0.3, 0.4) is 0 Å². The van der Waals surface area contributed by atoms with Gasteiger partial charge in [0.15, 0.2) is 0 Å². The number of carbonyl (C=O) groups is 1. The topological polar surface area (TPSA) is 29.1 Å². The van der Waals surface area contributed by atoms with E-state index in [1.165, 1.54) is 12.2 Å². The van der Waals surface area contributed by atoms with E-state index in [9.17, 15) is 18.0 Å². The largest absolute Gasteiger partial charge is 0.393 e. The molecule has 1 saturated carbocycles. The molecule has 2 unspecified atom stereocenters. The van der Waals surface area contributed by atoms with Crippen LogP contribution in [0.2, 0.25) is 0 Å². The van der Waals surface area contributed by atoms with Crippen LogP contribution in [0.15, 0.2) is 12.2 Å². The first-order valence-corrected chi connectivity index (χ1v) is 5.45. The molecule has 1 aliphatic carbocycles. The normalized spacial score (nSPS) is 27.0. The second-order valence-corrected chi connectivity index (χ2v) is 4.05. The van der Waals surface area contributed by atoms with Gasteiger partial charge in [0.05, 0.1) is 5.92 Å². The van der Waals surface area contributed by atoms with Gasteiger partial charge in [-0.15, -0.1) is 0 Å². The maximum Gasteiger partial charge on any atom is 0.393 e. The van der Waals surface area contributed by atoms with Gasteiger partial charge in [0.1, 0.15) is 0 Å². The van der Waals surface area contributed by atoms with Crippen molar-refractivity contribution in [3.05, 3.63) is 12.2 Å². The lowest BCUT2D eigenvalue weighted by Gasteiger charge is -2.33. The van der Waals surface area contributed by atoms with Crippen molar-refractivity contribution in [1.29, 1.82) is 0 Å². The minimum atomic E-state index is -4.21. The molecule has 0 spiro atoms. The summed E-state index contributed by atoms with van der Waals surface area (Å²) in [5, 5.41) is 2.43. The van der Waals surface area contributed by atoms with Crippen molar-refractivity contribution in [3.8, 4) is 0 Å². The molecular formula is C11H16F3NO. The zero-order chi connectivity index (χ0) is 12.2. The molecule has 16 heavy (non-hydrogen) atoms. The van der Waals surface area contributed by atoms with Gasteiger partial charge in [-0.2, -0.15) is 13.2 Å². The summed E-state index contributed by atoms with van der Waals surface area (Å²) >= 11 is 0. The molecule has 1 amide bonds. The Labute approximate surface area is 92.9 Å². The van der Waals surface area contributed by atoms with Gasteiger partial charge in [0.2, 0.25) is 5.91 Å². The Hall–Kier alpha value is -1.00. The Kier molecular flexibility index (Phi) is 4.38. The first-order valence-electron chi connectivity index (χ1n) is 5.45. The molecule has 0 heterocycles. The van der Waals surface area contributed by atoms with Crippen molar-refractivity contribution in [3.63, 3.8) is 0 Å². The zero-order valence-electron chi connectivity index (χ0n) is 9.18. The van der Waals surface area contributed by atoms with Crippen LogP contribution >= 0.6 is 0 Å². The third-order valence-electron chi connectivity index (χ3n) is 2.83. The number of halogens is 3. The van der Waals surface area contributed by atoms with E-state index in [1.807, 2.05) is 0 Å². The average molecular weight is 235 g/mol. The van der Waals surface area contributed by atoms with Gasteiger partial charge in [-0.1, -0.05) is 18.9 Å². The lowest BCUT2D eigenvalue weighted by Crippen LogP contribution is -2.47. The van der Waals surface area contributed by atoms with E-state index < -0.39 is 24.0 Å². The Morgan fingerprint density at radius 2 is 1.94 bits per heavy atom. The highest BCUT2D eigenvalue weighted by molar-refractivity contribution is 5.87. The molecule has 1 rings (SSSR count). The van der Waals surface area contributed by atoms with E-state index in [1.54, 1.807) is 6.92 Å². The average Bonchev–Trinajstić information content (AvgIpc) is 2.17. The first-order chi connectivity index (χ1) is 7.45. The Morgan fingerprint density at radius 3 is 2.50 bits per heavy atom. The molecule has 0 bridgehead atoms. The third-order valence-corrected chi connectivity index (χ3v) is 2.83. The fourth-order valence-electron chi connectivity index (χ4n) is 2.08. The Balaban J connectivity index is 2.64. The number of carbonyl (C=O) groups excluding carboxylic acids is 1. The van der Waals surface area contributed by atoms with Crippen LogP contribution in [0.4, 0.5) is 13.2 Å². The monoisotopic (exact) mass is 235 g/mol. The summed E-state index contributed by atoms with van der Waals surface area (Å²) in [7, 11) is 0. The lowest BCUT2D eigenvalue weighted by molar-refractivity contribution is -0.188. The van der Waals surface area contributed by atoms with Crippen LogP contribution < -0.4 is 5.32 Å². The van der Waals surface area contributed by atoms with Crippen LogP contribution in [0.1, 0.15) is 32.6 Å². The number of rotatable bonds is 2. The van der Waals surface area contributed by atoms with E-state index in [0.29, 0.717) is 12.8 Å². The summed E-state index contributed by atoms with van der Waals surface area (Å²) in [6.45, 7) is 1.65.